The van der Waals surface area contributed by atoms with E-state index in [1.54, 1.807) is 34.9 Å². The highest BCUT2D eigenvalue weighted by Crippen LogP contribution is 2.37. The summed E-state index contributed by atoms with van der Waals surface area (Å²) in [5.74, 6) is 0. The van der Waals surface area contributed by atoms with E-state index in [0.717, 1.165) is 23.8 Å². The number of aromatic nitrogens is 2. The third-order valence-corrected chi connectivity index (χ3v) is 6.61. The minimum absolute atomic E-state index is 0.313. The van der Waals surface area contributed by atoms with E-state index < -0.39 is 28.5 Å². The van der Waals surface area contributed by atoms with Gasteiger partial charge in [-0.3, -0.25) is 4.99 Å². The lowest BCUT2D eigenvalue weighted by molar-refractivity contribution is -0.138. The summed E-state index contributed by atoms with van der Waals surface area (Å²) in [6, 6.07) is 19.3. The summed E-state index contributed by atoms with van der Waals surface area (Å²) >= 11 is 6.06. The topological polar surface area (TPSA) is 30.2 Å². The summed E-state index contributed by atoms with van der Waals surface area (Å²) in [6.07, 6.45) is -8.71. The molecule has 10 heteroatoms. The molecule has 39 heavy (non-hydrogen) atoms. The van der Waals surface area contributed by atoms with Crippen molar-refractivity contribution in [1.82, 2.24) is 9.55 Å². The molecule has 0 amide bonds. The van der Waals surface area contributed by atoms with Gasteiger partial charge in [-0.2, -0.15) is 26.3 Å². The lowest BCUT2D eigenvalue weighted by atomic mass is 9.99. The summed E-state index contributed by atoms with van der Waals surface area (Å²) in [5.41, 5.74) is 2.55. The van der Waals surface area contributed by atoms with Crippen LogP contribution in [-0.4, -0.2) is 16.1 Å². The molecule has 3 nitrogen and oxygen atoms in total. The van der Waals surface area contributed by atoms with Crippen LogP contribution in [0.2, 0.25) is 5.02 Å². The normalized spacial score (nSPS) is 13.0. The van der Waals surface area contributed by atoms with E-state index in [2.05, 4.69) is 4.99 Å². The van der Waals surface area contributed by atoms with Gasteiger partial charge in [0.05, 0.1) is 43.9 Å². The Morgan fingerprint density at radius 2 is 1.56 bits per heavy atom. The number of halogens is 7. The second kappa shape index (κ2) is 10.0. The molecule has 0 radical (unpaired) electrons. The molecule has 0 saturated carbocycles. The number of rotatable bonds is 4. The number of benzene rings is 4. The first-order valence-electron chi connectivity index (χ1n) is 11.9. The molecule has 2 aliphatic rings. The standard InChI is InChI=1S/C29H20ClF6N3/c1-2-37-24-16-27-25(14-18(24)13-17-7-9-19(10-8-17)28(31,32)33)38-23-5-3-4-6-26(23)39(27)20-11-12-21(22(30)15-20)29(34,35)36/h3-12,14-16H,2,13H2,1H3. The molecular formula is C29H20ClF6N3. The molecule has 1 aliphatic heterocycles. The van der Waals surface area contributed by atoms with Crippen molar-refractivity contribution < 1.29 is 26.3 Å². The van der Waals surface area contributed by atoms with Gasteiger partial charge in [0.2, 0.25) is 0 Å². The Morgan fingerprint density at radius 3 is 2.21 bits per heavy atom. The van der Waals surface area contributed by atoms with Gasteiger partial charge in [-0.05, 0) is 79.1 Å². The van der Waals surface area contributed by atoms with Gasteiger partial charge in [-0.15, -0.1) is 0 Å². The van der Waals surface area contributed by atoms with Gasteiger partial charge in [-0.1, -0.05) is 35.9 Å². The fraction of sp³-hybridized carbons (Fsp3) is 0.172. The first-order valence-corrected chi connectivity index (χ1v) is 12.3. The zero-order valence-corrected chi connectivity index (χ0v) is 21.2. The van der Waals surface area contributed by atoms with E-state index >= 15 is 0 Å². The zero-order chi connectivity index (χ0) is 27.9. The van der Waals surface area contributed by atoms with Crippen molar-refractivity contribution in [3.8, 4) is 17.1 Å². The second-order valence-electron chi connectivity index (χ2n) is 8.91. The molecule has 0 aromatic heterocycles. The SMILES string of the molecule is CCN=c1cc2n(-c3ccc(C(F)(F)F)c(Cl)c3)c3ccccc3nc-2cc1Cc1ccc(C(F)(F)F)cc1. The van der Waals surface area contributed by atoms with E-state index in [1.807, 2.05) is 13.0 Å². The van der Waals surface area contributed by atoms with Gasteiger partial charge < -0.3 is 4.57 Å². The monoisotopic (exact) mass is 559 g/mol. The summed E-state index contributed by atoms with van der Waals surface area (Å²) in [6.45, 7) is 2.30. The van der Waals surface area contributed by atoms with E-state index in [4.69, 9.17) is 16.6 Å². The van der Waals surface area contributed by atoms with Crippen LogP contribution in [0.15, 0.2) is 83.9 Å². The Balaban J connectivity index is 1.71. The molecule has 1 heterocycles. The van der Waals surface area contributed by atoms with E-state index in [9.17, 15) is 26.3 Å². The summed E-state index contributed by atoms with van der Waals surface area (Å²) in [5, 5.41) is 0.174. The van der Waals surface area contributed by atoms with Crippen LogP contribution < -0.4 is 5.36 Å². The van der Waals surface area contributed by atoms with Crippen LogP contribution in [0.5, 0.6) is 0 Å². The largest absolute Gasteiger partial charge is 0.417 e. The minimum Gasteiger partial charge on any atom is -0.306 e. The molecule has 3 aromatic carbocycles. The maximum absolute atomic E-state index is 13.4. The molecule has 0 bridgehead atoms. The molecule has 0 N–H and O–H groups in total. The summed E-state index contributed by atoms with van der Waals surface area (Å²) < 4.78 is 80.9. The molecule has 0 fully saturated rings. The van der Waals surface area contributed by atoms with Crippen LogP contribution in [0, 0.1) is 0 Å². The second-order valence-corrected chi connectivity index (χ2v) is 9.32. The first kappa shape index (κ1) is 26.7. The Hall–Kier alpha value is -3.85. The van der Waals surface area contributed by atoms with E-state index in [-0.39, 0.29) is 0 Å². The number of alkyl halides is 6. The predicted octanol–water partition coefficient (Wildman–Crippen LogP) is 8.33. The third kappa shape index (κ3) is 5.36. The highest BCUT2D eigenvalue weighted by atomic mass is 35.5. The maximum Gasteiger partial charge on any atom is 0.417 e. The molecule has 0 unspecified atom stereocenters. The smallest absolute Gasteiger partial charge is 0.306 e. The fourth-order valence-electron chi connectivity index (χ4n) is 4.53. The number of nitrogens with zero attached hydrogens (tertiary/aromatic N) is 3. The average molecular weight is 560 g/mol. The average Bonchev–Trinajstić information content (AvgIpc) is 2.87. The summed E-state index contributed by atoms with van der Waals surface area (Å²) in [7, 11) is 0. The van der Waals surface area contributed by atoms with Gasteiger partial charge in [0.25, 0.3) is 0 Å². The van der Waals surface area contributed by atoms with Crippen molar-refractivity contribution in [1.29, 1.82) is 0 Å². The van der Waals surface area contributed by atoms with Crippen molar-refractivity contribution in [3.63, 3.8) is 0 Å². The van der Waals surface area contributed by atoms with Crippen molar-refractivity contribution in [2.75, 3.05) is 6.54 Å². The Bertz CT molecular complexity index is 1700. The molecule has 200 valence electrons. The number of fused-ring (bicyclic) bond motifs is 2. The fourth-order valence-corrected chi connectivity index (χ4v) is 4.81. The van der Waals surface area contributed by atoms with Crippen molar-refractivity contribution in [3.05, 3.63) is 111 Å². The minimum atomic E-state index is -4.59. The maximum atomic E-state index is 13.4. The van der Waals surface area contributed by atoms with Gasteiger partial charge in [0, 0.05) is 12.2 Å². The van der Waals surface area contributed by atoms with Gasteiger partial charge >= 0.3 is 12.4 Å². The van der Waals surface area contributed by atoms with E-state index in [0.29, 0.717) is 52.0 Å². The number of para-hydroxylation sites is 2. The number of hydrogen-bond donors (Lipinski definition) is 0. The lowest BCUT2D eigenvalue weighted by Gasteiger charge is -2.21. The molecule has 0 saturated heterocycles. The van der Waals surface area contributed by atoms with Gasteiger partial charge in [0.15, 0.2) is 0 Å². The van der Waals surface area contributed by atoms with Gasteiger partial charge in [0.1, 0.15) is 0 Å². The van der Waals surface area contributed by atoms with Crippen LogP contribution >= 0.6 is 11.6 Å². The Morgan fingerprint density at radius 1 is 0.846 bits per heavy atom. The van der Waals surface area contributed by atoms with Crippen LogP contribution in [-0.2, 0) is 18.8 Å². The Kier molecular flexibility index (Phi) is 6.88. The lowest BCUT2D eigenvalue weighted by Crippen LogP contribution is -2.16. The van der Waals surface area contributed by atoms with Crippen LogP contribution in [0.3, 0.4) is 0 Å². The van der Waals surface area contributed by atoms with Crippen molar-refractivity contribution >= 4 is 22.6 Å². The predicted molar refractivity (Wildman–Crippen MR) is 138 cm³/mol. The number of hydrogen-bond acceptors (Lipinski definition) is 2. The molecular weight excluding hydrogens is 540 g/mol. The molecule has 3 aromatic rings. The van der Waals surface area contributed by atoms with Crippen LogP contribution in [0.4, 0.5) is 26.3 Å². The zero-order valence-electron chi connectivity index (χ0n) is 20.4. The Labute approximate surface area is 224 Å². The van der Waals surface area contributed by atoms with E-state index in [1.165, 1.54) is 24.3 Å². The molecule has 5 rings (SSSR count). The molecule has 1 aliphatic carbocycles. The summed E-state index contributed by atoms with van der Waals surface area (Å²) in [4.78, 5) is 9.36. The van der Waals surface area contributed by atoms with Gasteiger partial charge in [-0.25, -0.2) is 4.98 Å². The van der Waals surface area contributed by atoms with Crippen LogP contribution in [0.25, 0.3) is 28.1 Å². The highest BCUT2D eigenvalue weighted by molar-refractivity contribution is 6.31. The van der Waals surface area contributed by atoms with Crippen LogP contribution in [0.1, 0.15) is 29.2 Å². The quantitative estimate of drug-likeness (QED) is 0.161. The first-order chi connectivity index (χ1) is 18.5. The molecule has 0 atom stereocenters. The van der Waals surface area contributed by atoms with Crippen molar-refractivity contribution in [2.24, 2.45) is 4.99 Å². The highest BCUT2D eigenvalue weighted by Gasteiger charge is 2.33. The molecule has 0 spiro atoms. The van der Waals surface area contributed by atoms with Crippen molar-refractivity contribution in [2.45, 2.75) is 25.7 Å². The third-order valence-electron chi connectivity index (χ3n) is 6.30.